The van der Waals surface area contributed by atoms with Crippen LogP contribution in [0.2, 0.25) is 0 Å². The number of hydrogen-bond donors (Lipinski definition) is 1. The molecule has 1 heterocycles. The van der Waals surface area contributed by atoms with Gasteiger partial charge in [0.15, 0.2) is 0 Å². The first kappa shape index (κ1) is 10.6. The Bertz CT molecular complexity index is 529. The lowest BCUT2D eigenvalue weighted by atomic mass is 9.93. The standard InChI is InChI=1S/C15H17NO2/c17-14(18)15(5-6-15)12-2-1-10-8-16(13-3-4-13)9-11(10)7-12/h1-2,7,13H,3-6,8-9H2,(H,17,18). The van der Waals surface area contributed by atoms with E-state index < -0.39 is 11.4 Å². The van der Waals surface area contributed by atoms with Gasteiger partial charge in [-0.2, -0.15) is 0 Å². The van der Waals surface area contributed by atoms with Gasteiger partial charge in [0.2, 0.25) is 0 Å². The molecule has 0 radical (unpaired) electrons. The van der Waals surface area contributed by atoms with E-state index in [4.69, 9.17) is 0 Å². The summed E-state index contributed by atoms with van der Waals surface area (Å²) < 4.78 is 0. The summed E-state index contributed by atoms with van der Waals surface area (Å²) in [5.74, 6) is -0.653. The summed E-state index contributed by atoms with van der Waals surface area (Å²) in [5.41, 5.74) is 3.22. The van der Waals surface area contributed by atoms with E-state index in [0.29, 0.717) is 0 Å². The third kappa shape index (κ3) is 1.43. The van der Waals surface area contributed by atoms with Crippen LogP contribution in [0.4, 0.5) is 0 Å². The highest BCUT2D eigenvalue weighted by molar-refractivity contribution is 5.85. The summed E-state index contributed by atoms with van der Waals surface area (Å²) in [5, 5.41) is 9.35. The predicted octanol–water partition coefficient (Wildman–Crippen LogP) is 2.28. The molecule has 0 spiro atoms. The van der Waals surface area contributed by atoms with Crippen LogP contribution in [0.25, 0.3) is 0 Å². The van der Waals surface area contributed by atoms with Crippen molar-refractivity contribution in [1.82, 2.24) is 4.90 Å². The minimum atomic E-state index is -0.653. The molecule has 3 heteroatoms. The Morgan fingerprint density at radius 2 is 1.94 bits per heavy atom. The van der Waals surface area contributed by atoms with Crippen LogP contribution in [0.15, 0.2) is 18.2 Å². The second-order valence-corrected chi connectivity index (χ2v) is 6.01. The van der Waals surface area contributed by atoms with Gasteiger partial charge in [-0.3, -0.25) is 9.69 Å². The zero-order chi connectivity index (χ0) is 12.3. The van der Waals surface area contributed by atoms with Crippen molar-refractivity contribution in [3.8, 4) is 0 Å². The van der Waals surface area contributed by atoms with E-state index >= 15 is 0 Å². The maximum absolute atomic E-state index is 11.4. The van der Waals surface area contributed by atoms with Crippen molar-refractivity contribution >= 4 is 5.97 Å². The Morgan fingerprint density at radius 1 is 1.22 bits per heavy atom. The van der Waals surface area contributed by atoms with Crippen LogP contribution in [0.5, 0.6) is 0 Å². The summed E-state index contributed by atoms with van der Waals surface area (Å²) in [6.45, 7) is 2.07. The normalized spacial score (nSPS) is 24.9. The molecule has 0 amide bonds. The van der Waals surface area contributed by atoms with Gasteiger partial charge in [-0.1, -0.05) is 18.2 Å². The van der Waals surface area contributed by atoms with Gasteiger partial charge in [-0.25, -0.2) is 0 Å². The second kappa shape index (κ2) is 3.35. The minimum Gasteiger partial charge on any atom is -0.481 e. The van der Waals surface area contributed by atoms with Crippen LogP contribution in [0.3, 0.4) is 0 Å². The number of aliphatic carboxylic acids is 1. The van der Waals surface area contributed by atoms with Crippen LogP contribution < -0.4 is 0 Å². The summed E-state index contributed by atoms with van der Waals surface area (Å²) in [6.07, 6.45) is 4.26. The fourth-order valence-electron chi connectivity index (χ4n) is 3.17. The SMILES string of the molecule is O=C(O)C1(c2ccc3c(c2)CN(C2CC2)C3)CC1. The molecule has 2 fully saturated rings. The van der Waals surface area contributed by atoms with Crippen molar-refractivity contribution < 1.29 is 9.90 Å². The molecule has 1 aliphatic heterocycles. The van der Waals surface area contributed by atoms with Crippen molar-refractivity contribution in [3.63, 3.8) is 0 Å². The lowest BCUT2D eigenvalue weighted by Gasteiger charge is -2.12. The molecule has 18 heavy (non-hydrogen) atoms. The fourth-order valence-corrected chi connectivity index (χ4v) is 3.17. The van der Waals surface area contributed by atoms with Gasteiger partial charge in [0.25, 0.3) is 0 Å². The van der Waals surface area contributed by atoms with E-state index in [1.165, 1.54) is 24.0 Å². The van der Waals surface area contributed by atoms with Gasteiger partial charge in [0.05, 0.1) is 5.41 Å². The molecule has 0 bridgehead atoms. The van der Waals surface area contributed by atoms with Crippen LogP contribution in [0.1, 0.15) is 42.4 Å². The number of carboxylic acids is 1. The zero-order valence-electron chi connectivity index (χ0n) is 10.4. The minimum absolute atomic E-state index is 0.554. The summed E-state index contributed by atoms with van der Waals surface area (Å²) >= 11 is 0. The molecule has 0 saturated heterocycles. The fraction of sp³-hybridized carbons (Fsp3) is 0.533. The van der Waals surface area contributed by atoms with Crippen molar-refractivity contribution in [1.29, 1.82) is 0 Å². The number of carbonyl (C=O) groups is 1. The molecule has 94 valence electrons. The van der Waals surface area contributed by atoms with E-state index in [2.05, 4.69) is 17.0 Å². The average Bonchev–Trinajstić information content (AvgIpc) is 3.23. The number of nitrogens with zero attached hydrogens (tertiary/aromatic N) is 1. The van der Waals surface area contributed by atoms with Crippen molar-refractivity contribution in [2.24, 2.45) is 0 Å². The lowest BCUT2D eigenvalue weighted by Crippen LogP contribution is -2.19. The molecule has 3 nitrogen and oxygen atoms in total. The van der Waals surface area contributed by atoms with Crippen LogP contribution in [0, 0.1) is 0 Å². The second-order valence-electron chi connectivity index (χ2n) is 6.01. The molecule has 1 aromatic rings. The maximum Gasteiger partial charge on any atom is 0.314 e. The first-order valence-corrected chi connectivity index (χ1v) is 6.79. The molecule has 1 aromatic carbocycles. The van der Waals surface area contributed by atoms with Gasteiger partial charge >= 0.3 is 5.97 Å². The quantitative estimate of drug-likeness (QED) is 0.885. The molecule has 4 rings (SSSR count). The molecule has 0 aromatic heterocycles. The van der Waals surface area contributed by atoms with E-state index in [1.54, 1.807) is 0 Å². The first-order chi connectivity index (χ1) is 8.69. The number of benzene rings is 1. The van der Waals surface area contributed by atoms with Gasteiger partial charge < -0.3 is 5.11 Å². The first-order valence-electron chi connectivity index (χ1n) is 6.79. The Morgan fingerprint density at radius 3 is 2.56 bits per heavy atom. The number of hydrogen-bond acceptors (Lipinski definition) is 2. The summed E-state index contributed by atoms with van der Waals surface area (Å²) in [7, 11) is 0. The van der Waals surface area contributed by atoms with Crippen molar-refractivity contribution in [2.75, 3.05) is 0 Å². The Hall–Kier alpha value is -1.35. The topological polar surface area (TPSA) is 40.5 Å². The molecule has 0 unspecified atom stereocenters. The van der Waals surface area contributed by atoms with Crippen molar-refractivity contribution in [2.45, 2.75) is 50.2 Å². The van der Waals surface area contributed by atoms with Gasteiger partial charge in [0.1, 0.15) is 0 Å². The molecule has 3 aliphatic rings. The van der Waals surface area contributed by atoms with E-state index in [9.17, 15) is 9.90 Å². The number of rotatable bonds is 3. The summed E-state index contributed by atoms with van der Waals surface area (Å²) in [6, 6.07) is 7.13. The number of fused-ring (bicyclic) bond motifs is 1. The Balaban J connectivity index is 1.65. The highest BCUT2D eigenvalue weighted by Gasteiger charge is 2.52. The highest BCUT2D eigenvalue weighted by atomic mass is 16.4. The van der Waals surface area contributed by atoms with Gasteiger partial charge in [-0.05, 0) is 42.4 Å². The smallest absolute Gasteiger partial charge is 0.314 e. The van der Waals surface area contributed by atoms with E-state index in [-0.39, 0.29) is 0 Å². The van der Waals surface area contributed by atoms with E-state index in [0.717, 1.165) is 37.5 Å². The average molecular weight is 243 g/mol. The van der Waals surface area contributed by atoms with Gasteiger partial charge in [0, 0.05) is 19.1 Å². The molecule has 1 N–H and O–H groups in total. The Labute approximate surface area is 106 Å². The molecule has 0 atom stereocenters. The van der Waals surface area contributed by atoms with Crippen LogP contribution >= 0.6 is 0 Å². The Kier molecular flexibility index (Phi) is 1.97. The molecular weight excluding hydrogens is 226 g/mol. The van der Waals surface area contributed by atoms with Crippen molar-refractivity contribution in [3.05, 3.63) is 34.9 Å². The van der Waals surface area contributed by atoms with Crippen LogP contribution in [-0.4, -0.2) is 22.0 Å². The van der Waals surface area contributed by atoms with Gasteiger partial charge in [-0.15, -0.1) is 0 Å². The maximum atomic E-state index is 11.4. The van der Waals surface area contributed by atoms with E-state index in [1.807, 2.05) is 6.07 Å². The number of carboxylic acid groups (broad SMARTS) is 1. The monoisotopic (exact) mass is 243 g/mol. The summed E-state index contributed by atoms with van der Waals surface area (Å²) in [4.78, 5) is 13.9. The molecule has 2 aliphatic carbocycles. The third-order valence-electron chi connectivity index (χ3n) is 4.73. The zero-order valence-corrected chi connectivity index (χ0v) is 10.4. The highest BCUT2D eigenvalue weighted by Crippen LogP contribution is 2.49. The molecular formula is C15H17NO2. The lowest BCUT2D eigenvalue weighted by molar-refractivity contribution is -0.140. The molecule has 2 saturated carbocycles. The largest absolute Gasteiger partial charge is 0.481 e. The predicted molar refractivity (Wildman–Crippen MR) is 67.3 cm³/mol. The van der Waals surface area contributed by atoms with Crippen LogP contribution in [-0.2, 0) is 23.3 Å². The third-order valence-corrected chi connectivity index (χ3v) is 4.73.